The molecular weight excluding hydrogens is 336 g/mol. The molecule has 0 amide bonds. The standard InChI is InChI=1S/C18H15ClN6/c19-11-3-4-16(23-9-11)25-7-1-2-15(25)17-12(8-20)18(21)24-14-5-6-22-10-13(14)17/h1-4,7,9,22H,5-6,10H2,(H2,21,24). The third-order valence-corrected chi connectivity index (χ3v) is 4.55. The molecule has 0 saturated heterocycles. The molecule has 0 aliphatic carbocycles. The number of hydrogen-bond donors (Lipinski definition) is 2. The van der Waals surface area contributed by atoms with Crippen molar-refractivity contribution in [3.05, 3.63) is 58.5 Å². The molecule has 0 atom stereocenters. The minimum absolute atomic E-state index is 0.273. The smallest absolute Gasteiger partial charge is 0.142 e. The van der Waals surface area contributed by atoms with E-state index >= 15 is 0 Å². The summed E-state index contributed by atoms with van der Waals surface area (Å²) in [6.07, 6.45) is 4.30. The van der Waals surface area contributed by atoms with E-state index in [1.54, 1.807) is 12.3 Å². The lowest BCUT2D eigenvalue weighted by Crippen LogP contribution is -2.26. The van der Waals surface area contributed by atoms with Crippen molar-refractivity contribution in [3.8, 4) is 23.1 Å². The Morgan fingerprint density at radius 1 is 1.32 bits per heavy atom. The van der Waals surface area contributed by atoms with E-state index in [-0.39, 0.29) is 5.82 Å². The van der Waals surface area contributed by atoms with Crippen molar-refractivity contribution in [2.24, 2.45) is 0 Å². The van der Waals surface area contributed by atoms with Crippen molar-refractivity contribution in [1.82, 2.24) is 19.9 Å². The molecule has 3 N–H and O–H groups in total. The van der Waals surface area contributed by atoms with E-state index < -0.39 is 0 Å². The normalized spacial score (nSPS) is 13.3. The Balaban J connectivity index is 1.98. The minimum Gasteiger partial charge on any atom is -0.383 e. The second-order valence-electron chi connectivity index (χ2n) is 5.81. The molecule has 0 spiro atoms. The number of aromatic nitrogens is 3. The van der Waals surface area contributed by atoms with E-state index in [2.05, 4.69) is 21.4 Å². The third-order valence-electron chi connectivity index (χ3n) is 4.33. The van der Waals surface area contributed by atoms with Crippen LogP contribution in [0.2, 0.25) is 5.02 Å². The average molecular weight is 351 g/mol. The van der Waals surface area contributed by atoms with Crippen molar-refractivity contribution in [2.75, 3.05) is 12.3 Å². The molecule has 0 aromatic carbocycles. The Labute approximate surface area is 149 Å². The quantitative estimate of drug-likeness (QED) is 0.741. The summed E-state index contributed by atoms with van der Waals surface area (Å²) in [6, 6.07) is 9.73. The lowest BCUT2D eigenvalue weighted by atomic mass is 9.94. The maximum absolute atomic E-state index is 9.66. The number of rotatable bonds is 2. The summed E-state index contributed by atoms with van der Waals surface area (Å²) in [6.45, 7) is 1.51. The number of nitrogens with zero attached hydrogens (tertiary/aromatic N) is 4. The number of fused-ring (bicyclic) bond motifs is 1. The van der Waals surface area contributed by atoms with Crippen molar-refractivity contribution in [3.63, 3.8) is 0 Å². The number of anilines is 1. The van der Waals surface area contributed by atoms with Gasteiger partial charge in [-0.25, -0.2) is 9.97 Å². The lowest BCUT2D eigenvalue weighted by molar-refractivity contribution is 0.631. The maximum atomic E-state index is 9.66. The Bertz CT molecular complexity index is 984. The van der Waals surface area contributed by atoms with Crippen LogP contribution in [0.15, 0.2) is 36.7 Å². The van der Waals surface area contributed by atoms with Gasteiger partial charge in [0.05, 0.1) is 10.7 Å². The van der Waals surface area contributed by atoms with Crippen LogP contribution in [0, 0.1) is 11.3 Å². The molecule has 4 heterocycles. The largest absolute Gasteiger partial charge is 0.383 e. The first-order valence-corrected chi connectivity index (χ1v) is 8.28. The lowest BCUT2D eigenvalue weighted by Gasteiger charge is -2.22. The van der Waals surface area contributed by atoms with Gasteiger partial charge >= 0.3 is 0 Å². The summed E-state index contributed by atoms with van der Waals surface area (Å²) in [5.74, 6) is 0.996. The Morgan fingerprint density at radius 2 is 2.20 bits per heavy atom. The molecule has 1 aliphatic heterocycles. The monoisotopic (exact) mass is 350 g/mol. The highest BCUT2D eigenvalue weighted by Gasteiger charge is 2.23. The Hall–Kier alpha value is -2.88. The van der Waals surface area contributed by atoms with E-state index in [0.29, 0.717) is 17.1 Å². The zero-order valence-corrected chi connectivity index (χ0v) is 14.1. The number of nitrogens with one attached hydrogen (secondary N) is 1. The van der Waals surface area contributed by atoms with Crippen LogP contribution in [0.4, 0.5) is 5.82 Å². The zero-order valence-electron chi connectivity index (χ0n) is 13.3. The van der Waals surface area contributed by atoms with Crippen LogP contribution in [-0.2, 0) is 13.0 Å². The number of nitrogens with two attached hydrogens (primary N) is 1. The van der Waals surface area contributed by atoms with Crippen molar-refractivity contribution < 1.29 is 0 Å². The van der Waals surface area contributed by atoms with Crippen molar-refractivity contribution in [2.45, 2.75) is 13.0 Å². The maximum Gasteiger partial charge on any atom is 0.142 e. The highest BCUT2D eigenvalue weighted by Crippen LogP contribution is 2.34. The molecule has 1 aliphatic rings. The van der Waals surface area contributed by atoms with Gasteiger partial charge in [0.1, 0.15) is 23.3 Å². The summed E-state index contributed by atoms with van der Waals surface area (Å²) >= 11 is 5.95. The van der Waals surface area contributed by atoms with Crippen molar-refractivity contribution in [1.29, 1.82) is 5.26 Å². The van der Waals surface area contributed by atoms with Gasteiger partial charge in [0.2, 0.25) is 0 Å². The first-order valence-electron chi connectivity index (χ1n) is 7.90. The number of halogens is 1. The molecule has 124 valence electrons. The fraction of sp³-hybridized carbons (Fsp3) is 0.167. The van der Waals surface area contributed by atoms with E-state index in [1.165, 1.54) is 0 Å². The second kappa shape index (κ2) is 6.20. The third kappa shape index (κ3) is 2.64. The molecule has 0 radical (unpaired) electrons. The molecule has 25 heavy (non-hydrogen) atoms. The van der Waals surface area contributed by atoms with Gasteiger partial charge in [-0.2, -0.15) is 5.26 Å². The summed E-state index contributed by atoms with van der Waals surface area (Å²) in [4.78, 5) is 8.82. The Kier molecular flexibility index (Phi) is 3.88. The SMILES string of the molecule is N#Cc1c(N)nc2c(c1-c1cccn1-c1ccc(Cl)cn1)CNCC2. The molecule has 0 fully saturated rings. The second-order valence-corrected chi connectivity index (χ2v) is 6.25. The number of hydrogen-bond acceptors (Lipinski definition) is 5. The Morgan fingerprint density at radius 3 is 2.96 bits per heavy atom. The minimum atomic E-state index is 0.273. The van der Waals surface area contributed by atoms with Crippen LogP contribution in [0.1, 0.15) is 16.8 Å². The molecule has 0 saturated carbocycles. The van der Waals surface area contributed by atoms with E-state index in [9.17, 15) is 5.26 Å². The molecule has 0 bridgehead atoms. The molecule has 0 unspecified atom stereocenters. The highest BCUT2D eigenvalue weighted by atomic mass is 35.5. The first kappa shape index (κ1) is 15.6. The van der Waals surface area contributed by atoms with Crippen LogP contribution < -0.4 is 11.1 Å². The van der Waals surface area contributed by atoms with Gasteiger partial charge in [-0.3, -0.25) is 0 Å². The number of nitriles is 1. The summed E-state index contributed by atoms with van der Waals surface area (Å²) < 4.78 is 1.93. The van der Waals surface area contributed by atoms with Crippen LogP contribution in [-0.4, -0.2) is 21.1 Å². The van der Waals surface area contributed by atoms with E-state index in [0.717, 1.165) is 41.3 Å². The van der Waals surface area contributed by atoms with Crippen LogP contribution in [0.25, 0.3) is 17.1 Å². The highest BCUT2D eigenvalue weighted by molar-refractivity contribution is 6.30. The van der Waals surface area contributed by atoms with Gasteiger partial charge in [0.15, 0.2) is 0 Å². The first-order chi connectivity index (χ1) is 12.2. The fourth-order valence-corrected chi connectivity index (χ4v) is 3.31. The molecule has 3 aromatic heterocycles. The van der Waals surface area contributed by atoms with Gasteiger partial charge in [0, 0.05) is 43.2 Å². The average Bonchev–Trinajstić information content (AvgIpc) is 3.10. The van der Waals surface area contributed by atoms with Gasteiger partial charge in [-0.15, -0.1) is 0 Å². The molecule has 6 nitrogen and oxygen atoms in total. The van der Waals surface area contributed by atoms with Gasteiger partial charge < -0.3 is 15.6 Å². The number of nitrogen functional groups attached to an aromatic ring is 1. The van der Waals surface area contributed by atoms with Crippen LogP contribution in [0.5, 0.6) is 0 Å². The fourth-order valence-electron chi connectivity index (χ4n) is 3.20. The molecular formula is C18H15ClN6. The molecule has 4 rings (SSSR count). The van der Waals surface area contributed by atoms with Crippen molar-refractivity contribution >= 4 is 17.4 Å². The molecule has 3 aromatic rings. The van der Waals surface area contributed by atoms with E-state index in [4.69, 9.17) is 17.3 Å². The summed E-state index contributed by atoms with van der Waals surface area (Å²) in [5.41, 5.74) is 10.1. The van der Waals surface area contributed by atoms with Crippen LogP contribution >= 0.6 is 11.6 Å². The predicted octanol–water partition coefficient (Wildman–Crippen LogP) is 2.69. The van der Waals surface area contributed by atoms with Gasteiger partial charge in [0.25, 0.3) is 0 Å². The number of pyridine rings is 2. The van der Waals surface area contributed by atoms with Gasteiger partial charge in [-0.05, 0) is 29.8 Å². The topological polar surface area (TPSA) is 92.5 Å². The van der Waals surface area contributed by atoms with E-state index in [1.807, 2.05) is 29.0 Å². The molecule has 7 heteroatoms. The van der Waals surface area contributed by atoms with Gasteiger partial charge in [-0.1, -0.05) is 11.6 Å². The summed E-state index contributed by atoms with van der Waals surface area (Å²) in [5, 5.41) is 13.6. The zero-order chi connectivity index (χ0) is 17.4. The van der Waals surface area contributed by atoms with Crippen LogP contribution in [0.3, 0.4) is 0 Å². The summed E-state index contributed by atoms with van der Waals surface area (Å²) in [7, 11) is 0. The predicted molar refractivity (Wildman–Crippen MR) is 96.3 cm³/mol.